The number of anilines is 1. The Hall–Kier alpha value is -2.35. The van der Waals surface area contributed by atoms with Crippen LogP contribution in [0.3, 0.4) is 0 Å². The first kappa shape index (κ1) is 11.1. The van der Waals surface area contributed by atoms with Crippen LogP contribution in [0.1, 0.15) is 18.4 Å². The Bertz CT molecular complexity index is 487. The first-order valence-electron chi connectivity index (χ1n) is 5.29. The van der Waals surface area contributed by atoms with Gasteiger partial charge in [0.25, 0.3) is 0 Å². The lowest BCUT2D eigenvalue weighted by Gasteiger charge is -2.22. The Balaban J connectivity index is 2.03. The number of nitrogens with one attached hydrogen (secondary N) is 2. The molecule has 1 unspecified atom stereocenters. The molecule has 1 saturated heterocycles. The SMILES string of the molecule is N#Cc1ccc(NC2CCC(=O)NC2=O)cc1. The van der Waals surface area contributed by atoms with Gasteiger partial charge in [0.2, 0.25) is 11.8 Å². The Labute approximate surface area is 98.4 Å². The molecule has 1 aromatic rings. The summed E-state index contributed by atoms with van der Waals surface area (Å²) in [6, 6.07) is 8.46. The van der Waals surface area contributed by atoms with Gasteiger partial charge in [-0.2, -0.15) is 5.26 Å². The number of carbonyl (C=O) groups excluding carboxylic acids is 2. The van der Waals surface area contributed by atoms with Gasteiger partial charge in [-0.1, -0.05) is 0 Å². The van der Waals surface area contributed by atoms with Crippen molar-refractivity contribution in [2.24, 2.45) is 0 Å². The van der Waals surface area contributed by atoms with Crippen LogP contribution in [0.2, 0.25) is 0 Å². The van der Waals surface area contributed by atoms with Crippen LogP contribution in [0.5, 0.6) is 0 Å². The first-order chi connectivity index (χ1) is 8.19. The Kier molecular flexibility index (Phi) is 3.06. The van der Waals surface area contributed by atoms with E-state index >= 15 is 0 Å². The summed E-state index contributed by atoms with van der Waals surface area (Å²) in [5.41, 5.74) is 1.33. The molecule has 1 atom stereocenters. The maximum absolute atomic E-state index is 11.5. The Morgan fingerprint density at radius 1 is 1.29 bits per heavy atom. The number of carbonyl (C=O) groups is 2. The molecule has 0 spiro atoms. The van der Waals surface area contributed by atoms with E-state index in [-0.39, 0.29) is 17.9 Å². The summed E-state index contributed by atoms with van der Waals surface area (Å²) >= 11 is 0. The maximum atomic E-state index is 11.5. The lowest BCUT2D eigenvalue weighted by molar-refractivity contribution is -0.133. The minimum Gasteiger partial charge on any atom is -0.374 e. The highest BCUT2D eigenvalue weighted by Crippen LogP contribution is 2.14. The fraction of sp³-hybridized carbons (Fsp3) is 0.250. The normalized spacial score (nSPS) is 19.4. The quantitative estimate of drug-likeness (QED) is 0.734. The Morgan fingerprint density at radius 2 is 2.00 bits per heavy atom. The third-order valence-electron chi connectivity index (χ3n) is 2.59. The van der Waals surface area contributed by atoms with E-state index in [4.69, 9.17) is 5.26 Å². The topological polar surface area (TPSA) is 82.0 Å². The lowest BCUT2D eigenvalue weighted by atomic mass is 10.1. The van der Waals surface area contributed by atoms with Gasteiger partial charge in [-0.3, -0.25) is 14.9 Å². The molecular weight excluding hydrogens is 218 g/mol. The van der Waals surface area contributed by atoms with E-state index in [1.807, 2.05) is 6.07 Å². The van der Waals surface area contributed by atoms with Crippen LogP contribution in [0, 0.1) is 11.3 Å². The molecule has 1 aliphatic heterocycles. The second-order valence-corrected chi connectivity index (χ2v) is 3.84. The number of hydrogen-bond acceptors (Lipinski definition) is 4. The summed E-state index contributed by atoms with van der Waals surface area (Å²) in [6.07, 6.45) is 0.838. The van der Waals surface area contributed by atoms with Crippen molar-refractivity contribution in [3.8, 4) is 6.07 Å². The minimum absolute atomic E-state index is 0.229. The highest BCUT2D eigenvalue weighted by atomic mass is 16.2. The van der Waals surface area contributed by atoms with Crippen molar-refractivity contribution in [3.05, 3.63) is 29.8 Å². The van der Waals surface area contributed by atoms with Crippen LogP contribution in [-0.2, 0) is 9.59 Å². The summed E-state index contributed by atoms with van der Waals surface area (Å²) in [5, 5.41) is 14.0. The van der Waals surface area contributed by atoms with Crippen molar-refractivity contribution in [3.63, 3.8) is 0 Å². The van der Waals surface area contributed by atoms with Gasteiger partial charge in [0.15, 0.2) is 0 Å². The molecule has 1 aromatic carbocycles. The zero-order valence-electron chi connectivity index (χ0n) is 9.06. The second kappa shape index (κ2) is 4.66. The van der Waals surface area contributed by atoms with Crippen molar-refractivity contribution in [1.29, 1.82) is 5.26 Å². The molecular formula is C12H11N3O2. The van der Waals surface area contributed by atoms with Crippen molar-refractivity contribution in [1.82, 2.24) is 5.32 Å². The predicted octanol–water partition coefficient (Wildman–Crippen LogP) is 0.775. The van der Waals surface area contributed by atoms with Crippen LogP contribution in [-0.4, -0.2) is 17.9 Å². The molecule has 2 amide bonds. The molecule has 2 N–H and O–H groups in total. The van der Waals surface area contributed by atoms with Crippen molar-refractivity contribution in [2.45, 2.75) is 18.9 Å². The molecule has 0 radical (unpaired) electrons. The molecule has 1 heterocycles. The number of imide groups is 1. The Morgan fingerprint density at radius 3 is 2.59 bits per heavy atom. The number of rotatable bonds is 2. The van der Waals surface area contributed by atoms with Gasteiger partial charge >= 0.3 is 0 Å². The third-order valence-corrected chi connectivity index (χ3v) is 2.59. The molecule has 5 nitrogen and oxygen atoms in total. The number of nitrogens with zero attached hydrogens (tertiary/aromatic N) is 1. The fourth-order valence-corrected chi connectivity index (χ4v) is 1.67. The largest absolute Gasteiger partial charge is 0.374 e. The lowest BCUT2D eigenvalue weighted by Crippen LogP contribution is -2.47. The summed E-state index contributed by atoms with van der Waals surface area (Å²) < 4.78 is 0. The van der Waals surface area contributed by atoms with E-state index < -0.39 is 0 Å². The summed E-state index contributed by atoms with van der Waals surface area (Å²) in [7, 11) is 0. The number of piperidine rings is 1. The van der Waals surface area contributed by atoms with Gasteiger partial charge in [-0.25, -0.2) is 0 Å². The summed E-state index contributed by atoms with van der Waals surface area (Å²) in [6.45, 7) is 0. The number of hydrogen-bond donors (Lipinski definition) is 2. The standard InChI is InChI=1S/C12H11N3O2/c13-7-8-1-3-9(4-2-8)14-10-5-6-11(16)15-12(10)17/h1-4,10,14H,5-6H2,(H,15,16,17). The third kappa shape index (κ3) is 2.61. The zero-order chi connectivity index (χ0) is 12.3. The van der Waals surface area contributed by atoms with Crippen LogP contribution >= 0.6 is 0 Å². The molecule has 86 valence electrons. The van der Waals surface area contributed by atoms with Crippen LogP contribution in [0.15, 0.2) is 24.3 Å². The van der Waals surface area contributed by atoms with Crippen LogP contribution in [0.4, 0.5) is 5.69 Å². The van der Waals surface area contributed by atoms with E-state index in [0.717, 1.165) is 5.69 Å². The van der Waals surface area contributed by atoms with E-state index in [9.17, 15) is 9.59 Å². The van der Waals surface area contributed by atoms with Crippen molar-refractivity contribution in [2.75, 3.05) is 5.32 Å². The average Bonchev–Trinajstić information content (AvgIpc) is 2.34. The molecule has 0 aliphatic carbocycles. The maximum Gasteiger partial charge on any atom is 0.249 e. The fourth-order valence-electron chi connectivity index (χ4n) is 1.67. The minimum atomic E-state index is -0.388. The number of amides is 2. The monoisotopic (exact) mass is 229 g/mol. The van der Waals surface area contributed by atoms with Gasteiger partial charge in [0.05, 0.1) is 11.6 Å². The molecule has 0 bridgehead atoms. The molecule has 17 heavy (non-hydrogen) atoms. The van der Waals surface area contributed by atoms with Crippen LogP contribution < -0.4 is 10.6 Å². The molecule has 5 heteroatoms. The van der Waals surface area contributed by atoms with Gasteiger partial charge in [0, 0.05) is 12.1 Å². The predicted molar refractivity (Wildman–Crippen MR) is 61.0 cm³/mol. The molecule has 1 aliphatic rings. The van der Waals surface area contributed by atoms with Gasteiger partial charge < -0.3 is 5.32 Å². The highest BCUT2D eigenvalue weighted by molar-refractivity contribution is 6.01. The van der Waals surface area contributed by atoms with Crippen molar-refractivity contribution < 1.29 is 9.59 Å². The first-order valence-corrected chi connectivity index (χ1v) is 5.29. The van der Waals surface area contributed by atoms with E-state index in [1.165, 1.54) is 0 Å². The molecule has 2 rings (SSSR count). The van der Waals surface area contributed by atoms with E-state index in [1.54, 1.807) is 24.3 Å². The highest BCUT2D eigenvalue weighted by Gasteiger charge is 2.26. The van der Waals surface area contributed by atoms with Crippen molar-refractivity contribution >= 4 is 17.5 Å². The molecule has 0 saturated carbocycles. The summed E-state index contributed by atoms with van der Waals surface area (Å²) in [5.74, 6) is -0.529. The van der Waals surface area contributed by atoms with E-state index in [0.29, 0.717) is 18.4 Å². The smallest absolute Gasteiger partial charge is 0.249 e. The molecule has 1 fully saturated rings. The number of benzene rings is 1. The van der Waals surface area contributed by atoms with Gasteiger partial charge in [-0.05, 0) is 30.7 Å². The second-order valence-electron chi connectivity index (χ2n) is 3.84. The van der Waals surface area contributed by atoms with Gasteiger partial charge in [-0.15, -0.1) is 0 Å². The van der Waals surface area contributed by atoms with Crippen LogP contribution in [0.25, 0.3) is 0 Å². The zero-order valence-corrected chi connectivity index (χ0v) is 9.06. The summed E-state index contributed by atoms with van der Waals surface area (Å²) in [4.78, 5) is 22.4. The average molecular weight is 229 g/mol. The number of nitriles is 1. The molecule has 0 aromatic heterocycles. The van der Waals surface area contributed by atoms with E-state index in [2.05, 4.69) is 10.6 Å². The van der Waals surface area contributed by atoms with Gasteiger partial charge in [0.1, 0.15) is 6.04 Å².